The van der Waals surface area contributed by atoms with Crippen LogP contribution in [-0.2, 0) is 32.9 Å². The Balaban J connectivity index is 0.00000435. The fourth-order valence-corrected chi connectivity index (χ4v) is 7.13. The maximum atomic E-state index is 6.46. The zero-order chi connectivity index (χ0) is 35.1. The summed E-state index contributed by atoms with van der Waals surface area (Å²) in [7, 11) is 0. The van der Waals surface area contributed by atoms with Crippen LogP contribution in [0.2, 0.25) is 0 Å². The van der Waals surface area contributed by atoms with Gasteiger partial charge in [0.05, 0.1) is 5.58 Å². The zero-order valence-corrected chi connectivity index (χ0v) is 32.6. The van der Waals surface area contributed by atoms with Gasteiger partial charge in [-0.3, -0.25) is 0 Å². The molecular weight excluding hydrogens is 831 g/mol. The number of rotatable bonds is 15. The molecule has 4 aromatic carbocycles. The van der Waals surface area contributed by atoms with Crippen molar-refractivity contribution in [2.75, 3.05) is 22.9 Å². The third kappa shape index (κ3) is 8.70. The molecule has 2 aliphatic heterocycles. The minimum atomic E-state index is 0. The van der Waals surface area contributed by atoms with Gasteiger partial charge < -0.3 is 29.0 Å². The molecule has 0 saturated carbocycles. The molecule has 6 nitrogen and oxygen atoms in total. The van der Waals surface area contributed by atoms with Crippen LogP contribution >= 0.6 is 0 Å². The number of para-hydroxylation sites is 1. The zero-order valence-electron chi connectivity index (χ0n) is 30.2. The molecule has 0 N–H and O–H groups in total. The molecule has 6 aromatic rings. The normalized spacial score (nSPS) is 13.9. The minimum Gasteiger partial charge on any atom is -0.508 e. The molecule has 0 bridgehead atoms. The van der Waals surface area contributed by atoms with Crippen LogP contribution in [0.15, 0.2) is 120 Å². The van der Waals surface area contributed by atoms with Gasteiger partial charge in [-0.1, -0.05) is 73.7 Å². The molecule has 0 aliphatic carbocycles. The first-order valence-electron chi connectivity index (χ1n) is 18.6. The number of aryl methyl sites for hydroxylation is 3. The van der Waals surface area contributed by atoms with Gasteiger partial charge in [0, 0.05) is 31.7 Å². The third-order valence-electron chi connectivity index (χ3n) is 9.94. The number of fused-ring (bicyclic) bond motifs is 3. The number of hydrogen-bond donors (Lipinski definition) is 0. The van der Waals surface area contributed by atoms with Gasteiger partial charge in [-0.15, -0.1) is 35.1 Å². The number of anilines is 2. The van der Waals surface area contributed by atoms with Gasteiger partial charge in [0.2, 0.25) is 0 Å². The van der Waals surface area contributed by atoms with Crippen molar-refractivity contribution >= 4 is 33.3 Å². The molecule has 0 saturated heterocycles. The number of pyridine rings is 1. The predicted molar refractivity (Wildman–Crippen MR) is 211 cm³/mol. The molecule has 8 rings (SSSR count). The topological polar surface area (TPSA) is 39.0 Å². The standard InChI is InChI=1S/C46H44N5O.Ir/c1-36-18-24-42-44(33-36)52-46-41(43-17-9-10-26-47-43)25-21-38(45(42)46)14-6-3-2-5-13-37-19-22-40(23-20-37)51-32-30-49(35-51)28-12-11-27-48-29-31-50(34-48)39-15-7-4-8-16-39;/h4,7-10,15,17-22,24,26,29-35H,2-3,5-6,11-14,27-28H2,1H3;/q-5;. The van der Waals surface area contributed by atoms with Gasteiger partial charge in [-0.05, 0) is 81.0 Å². The second kappa shape index (κ2) is 17.3. The molecule has 53 heavy (non-hydrogen) atoms. The fourth-order valence-electron chi connectivity index (χ4n) is 7.13. The first kappa shape index (κ1) is 36.5. The Morgan fingerprint density at radius 2 is 1.45 bits per heavy atom. The quantitative estimate of drug-likeness (QED) is 0.0756. The Bertz CT molecular complexity index is 2140. The third-order valence-corrected chi connectivity index (χ3v) is 9.94. The molecular formula is C46H44IrN5O-5. The second-order valence-electron chi connectivity index (χ2n) is 13.8. The summed E-state index contributed by atoms with van der Waals surface area (Å²) < 4.78 is 6.46. The Labute approximate surface area is 327 Å². The van der Waals surface area contributed by atoms with Crippen molar-refractivity contribution < 1.29 is 24.5 Å². The molecule has 2 aliphatic rings. The summed E-state index contributed by atoms with van der Waals surface area (Å²) in [6, 6.07) is 39.6. The molecule has 2 aromatic heterocycles. The Morgan fingerprint density at radius 1 is 0.698 bits per heavy atom. The summed E-state index contributed by atoms with van der Waals surface area (Å²) in [6.07, 6.45) is 19.4. The Kier molecular flexibility index (Phi) is 11.9. The smallest absolute Gasteiger partial charge is 0.121 e. The molecule has 7 heteroatoms. The van der Waals surface area contributed by atoms with Crippen LogP contribution in [0, 0.1) is 38.5 Å². The van der Waals surface area contributed by atoms with Crippen LogP contribution in [0.1, 0.15) is 55.2 Å². The van der Waals surface area contributed by atoms with Crippen molar-refractivity contribution in [2.45, 2.75) is 58.3 Å². The fraction of sp³-hybridized carbons (Fsp3) is 0.239. The first-order chi connectivity index (χ1) is 25.7. The molecule has 0 fully saturated rings. The summed E-state index contributed by atoms with van der Waals surface area (Å²) in [6.45, 7) is 8.42. The first-order valence-corrected chi connectivity index (χ1v) is 18.6. The molecule has 273 valence electrons. The number of furan rings is 1. The van der Waals surface area contributed by atoms with Crippen molar-refractivity contribution in [3.8, 4) is 11.3 Å². The Hall–Kier alpha value is -4.84. The van der Waals surface area contributed by atoms with E-state index in [1.807, 2.05) is 42.6 Å². The summed E-state index contributed by atoms with van der Waals surface area (Å²) in [5.41, 5.74) is 9.65. The molecule has 0 unspecified atom stereocenters. The van der Waals surface area contributed by atoms with Gasteiger partial charge in [-0.25, -0.2) is 0 Å². The van der Waals surface area contributed by atoms with E-state index in [-0.39, 0.29) is 20.1 Å². The van der Waals surface area contributed by atoms with Crippen molar-refractivity contribution in [3.05, 3.63) is 164 Å². The maximum absolute atomic E-state index is 6.46. The number of aromatic nitrogens is 1. The van der Waals surface area contributed by atoms with Crippen LogP contribution < -0.4 is 9.80 Å². The largest absolute Gasteiger partial charge is 0.508 e. The summed E-state index contributed by atoms with van der Waals surface area (Å²) >= 11 is 0. The van der Waals surface area contributed by atoms with Gasteiger partial charge in [0.15, 0.2) is 0 Å². The van der Waals surface area contributed by atoms with E-state index in [1.165, 1.54) is 46.7 Å². The molecule has 4 heterocycles. The van der Waals surface area contributed by atoms with Gasteiger partial charge in [-0.2, -0.15) is 67.4 Å². The van der Waals surface area contributed by atoms with Crippen molar-refractivity contribution in [2.24, 2.45) is 0 Å². The predicted octanol–water partition coefficient (Wildman–Crippen LogP) is 10.6. The van der Waals surface area contributed by atoms with Crippen LogP contribution in [0.25, 0.3) is 33.2 Å². The maximum Gasteiger partial charge on any atom is 0.121 e. The molecule has 0 atom stereocenters. The monoisotopic (exact) mass is 875 g/mol. The van der Waals surface area contributed by atoms with Crippen LogP contribution in [0.3, 0.4) is 0 Å². The van der Waals surface area contributed by atoms with E-state index in [0.29, 0.717) is 0 Å². The minimum absolute atomic E-state index is 0. The van der Waals surface area contributed by atoms with E-state index in [2.05, 4.69) is 136 Å². The van der Waals surface area contributed by atoms with E-state index in [1.54, 1.807) is 0 Å². The van der Waals surface area contributed by atoms with E-state index >= 15 is 0 Å². The van der Waals surface area contributed by atoms with Crippen LogP contribution in [0.5, 0.6) is 0 Å². The van der Waals surface area contributed by atoms with E-state index in [9.17, 15) is 0 Å². The number of nitrogens with zero attached hydrogens (tertiary/aromatic N) is 5. The molecule has 0 amide bonds. The van der Waals surface area contributed by atoms with Gasteiger partial charge >= 0.3 is 0 Å². The van der Waals surface area contributed by atoms with Crippen LogP contribution in [-0.4, -0.2) is 27.9 Å². The molecule has 1 radical (unpaired) electrons. The van der Waals surface area contributed by atoms with Crippen LogP contribution in [0.4, 0.5) is 11.4 Å². The summed E-state index contributed by atoms with van der Waals surface area (Å²) in [5.74, 6) is 0. The van der Waals surface area contributed by atoms with Crippen molar-refractivity contribution in [3.63, 3.8) is 0 Å². The van der Waals surface area contributed by atoms with Crippen molar-refractivity contribution in [1.82, 2.24) is 14.8 Å². The van der Waals surface area contributed by atoms with E-state index in [0.717, 1.165) is 79.0 Å². The number of unbranched alkanes of at least 4 members (excludes halogenated alkanes) is 4. The van der Waals surface area contributed by atoms with Gasteiger partial charge in [0.1, 0.15) is 5.58 Å². The summed E-state index contributed by atoms with van der Waals surface area (Å²) in [5, 5.41) is 2.39. The summed E-state index contributed by atoms with van der Waals surface area (Å²) in [4.78, 5) is 13.4. The Morgan fingerprint density at radius 3 is 2.15 bits per heavy atom. The van der Waals surface area contributed by atoms with E-state index < -0.39 is 0 Å². The van der Waals surface area contributed by atoms with E-state index in [4.69, 9.17) is 4.42 Å². The number of benzene rings is 4. The van der Waals surface area contributed by atoms with Gasteiger partial charge in [0.25, 0.3) is 0 Å². The average molecular weight is 875 g/mol. The van der Waals surface area contributed by atoms with Crippen molar-refractivity contribution in [1.29, 1.82) is 0 Å². The number of hydrogen-bond acceptors (Lipinski definition) is 6. The average Bonchev–Trinajstić information content (AvgIpc) is 3.95. The SMILES string of the molecule is Cc1ccc2c(c1)oc1c(-c3ccccn3)[c-]cc(CCCCCCc3c[c-]c(N4C=CN(CCCCN5C=CN(c6[c-]cccc6)[CH-]5)[CH-]4)cc3)c12.[Ir]. The second-order valence-corrected chi connectivity index (χ2v) is 13.8. The molecule has 0 spiro atoms.